The van der Waals surface area contributed by atoms with Crippen molar-refractivity contribution in [3.05, 3.63) is 30.3 Å². The maximum Gasteiger partial charge on any atom is 0.250 e. The number of tetrazole rings is 1. The molecule has 0 radical (unpaired) electrons. The number of rotatable bonds is 5. The molecule has 0 saturated carbocycles. The van der Waals surface area contributed by atoms with Crippen molar-refractivity contribution in [1.29, 1.82) is 0 Å². The van der Waals surface area contributed by atoms with Gasteiger partial charge in [-0.15, -0.1) is 0 Å². The fraction of sp³-hybridized carbons (Fsp3) is 0.417. The van der Waals surface area contributed by atoms with E-state index in [9.17, 15) is 5.11 Å². The molecule has 0 saturated heterocycles. The van der Waals surface area contributed by atoms with Crippen LogP contribution in [0.1, 0.15) is 13.3 Å². The van der Waals surface area contributed by atoms with Crippen LogP contribution in [-0.4, -0.2) is 45.0 Å². The minimum Gasteiger partial charge on any atom is -0.393 e. The summed E-state index contributed by atoms with van der Waals surface area (Å²) >= 11 is 0. The SMILES string of the molecule is CC(O)CCN(C)c1nnnn1-c1ccccc1. The molecule has 0 aliphatic carbocycles. The third-order valence-corrected chi connectivity index (χ3v) is 2.68. The maximum atomic E-state index is 9.30. The Balaban J connectivity index is 2.17. The van der Waals surface area contributed by atoms with Gasteiger partial charge in [-0.1, -0.05) is 23.3 Å². The van der Waals surface area contributed by atoms with Gasteiger partial charge in [0.05, 0.1) is 11.8 Å². The lowest BCUT2D eigenvalue weighted by molar-refractivity contribution is 0.186. The second-order valence-electron chi connectivity index (χ2n) is 4.29. The molecule has 2 aromatic rings. The van der Waals surface area contributed by atoms with Crippen molar-refractivity contribution in [2.24, 2.45) is 0 Å². The molecule has 0 spiro atoms. The monoisotopic (exact) mass is 247 g/mol. The van der Waals surface area contributed by atoms with Crippen LogP contribution in [0.4, 0.5) is 5.95 Å². The summed E-state index contributed by atoms with van der Waals surface area (Å²) in [6.07, 6.45) is 0.353. The van der Waals surface area contributed by atoms with Gasteiger partial charge in [-0.2, -0.15) is 4.68 Å². The van der Waals surface area contributed by atoms with Crippen molar-refractivity contribution in [1.82, 2.24) is 20.2 Å². The first-order chi connectivity index (χ1) is 8.68. The first-order valence-corrected chi connectivity index (χ1v) is 5.91. The molecular formula is C12H17N5O. The minimum atomic E-state index is -0.325. The zero-order chi connectivity index (χ0) is 13.0. The van der Waals surface area contributed by atoms with Crippen LogP contribution in [0.3, 0.4) is 0 Å². The van der Waals surface area contributed by atoms with Gasteiger partial charge >= 0.3 is 0 Å². The molecule has 1 heterocycles. The van der Waals surface area contributed by atoms with Gasteiger partial charge in [0, 0.05) is 13.6 Å². The summed E-state index contributed by atoms with van der Waals surface area (Å²) in [7, 11) is 1.91. The highest BCUT2D eigenvalue weighted by Gasteiger charge is 2.12. The second kappa shape index (κ2) is 5.59. The summed E-state index contributed by atoms with van der Waals surface area (Å²) in [5, 5.41) is 21.0. The number of aliphatic hydroxyl groups excluding tert-OH is 1. The lowest BCUT2D eigenvalue weighted by atomic mass is 10.3. The molecule has 6 nitrogen and oxygen atoms in total. The van der Waals surface area contributed by atoms with Crippen LogP contribution < -0.4 is 4.90 Å². The van der Waals surface area contributed by atoms with Crippen molar-refractivity contribution in [2.75, 3.05) is 18.5 Å². The van der Waals surface area contributed by atoms with Crippen molar-refractivity contribution in [2.45, 2.75) is 19.4 Å². The van der Waals surface area contributed by atoms with Gasteiger partial charge in [0.15, 0.2) is 0 Å². The number of aliphatic hydroxyl groups is 1. The highest BCUT2D eigenvalue weighted by molar-refractivity contribution is 5.39. The molecule has 18 heavy (non-hydrogen) atoms. The third kappa shape index (κ3) is 2.84. The molecule has 2 rings (SSSR count). The van der Waals surface area contributed by atoms with Crippen molar-refractivity contribution >= 4 is 5.95 Å². The quantitative estimate of drug-likeness (QED) is 0.849. The normalized spacial score (nSPS) is 12.4. The van der Waals surface area contributed by atoms with Crippen LogP contribution in [0.5, 0.6) is 0 Å². The van der Waals surface area contributed by atoms with Gasteiger partial charge in [0.2, 0.25) is 5.95 Å². The maximum absolute atomic E-state index is 9.30. The summed E-state index contributed by atoms with van der Waals surface area (Å²) in [6.45, 7) is 2.47. The lowest BCUT2D eigenvalue weighted by Gasteiger charge is -2.18. The van der Waals surface area contributed by atoms with Crippen molar-refractivity contribution in [3.8, 4) is 5.69 Å². The first kappa shape index (κ1) is 12.5. The highest BCUT2D eigenvalue weighted by Crippen LogP contribution is 2.14. The second-order valence-corrected chi connectivity index (χ2v) is 4.29. The Morgan fingerprint density at radius 1 is 1.33 bits per heavy atom. The van der Waals surface area contributed by atoms with E-state index in [0.29, 0.717) is 18.9 Å². The number of para-hydroxylation sites is 1. The molecule has 6 heteroatoms. The van der Waals surface area contributed by atoms with E-state index in [1.54, 1.807) is 11.6 Å². The summed E-state index contributed by atoms with van der Waals surface area (Å²) in [4.78, 5) is 1.93. The van der Waals surface area contributed by atoms with E-state index >= 15 is 0 Å². The van der Waals surface area contributed by atoms with E-state index in [0.717, 1.165) is 5.69 Å². The Morgan fingerprint density at radius 3 is 2.72 bits per heavy atom. The van der Waals surface area contributed by atoms with E-state index < -0.39 is 0 Å². The predicted molar refractivity (Wildman–Crippen MR) is 68.7 cm³/mol. The average Bonchev–Trinajstić information content (AvgIpc) is 2.86. The van der Waals surface area contributed by atoms with E-state index in [-0.39, 0.29) is 6.10 Å². The standard InChI is InChI=1S/C12H17N5O/c1-10(18)8-9-16(2)12-13-14-15-17(12)11-6-4-3-5-7-11/h3-7,10,18H,8-9H2,1-2H3. The molecule has 1 aromatic carbocycles. The van der Waals surface area contributed by atoms with E-state index in [2.05, 4.69) is 15.5 Å². The molecule has 1 N–H and O–H groups in total. The molecule has 96 valence electrons. The Morgan fingerprint density at radius 2 is 2.06 bits per heavy atom. The highest BCUT2D eigenvalue weighted by atomic mass is 16.3. The fourth-order valence-corrected chi connectivity index (χ4v) is 1.64. The topological polar surface area (TPSA) is 67.1 Å². The number of nitrogens with zero attached hydrogens (tertiary/aromatic N) is 5. The molecule has 0 fully saturated rings. The Labute approximate surface area is 106 Å². The van der Waals surface area contributed by atoms with Crippen LogP contribution in [0.2, 0.25) is 0 Å². The predicted octanol–water partition coefficient (Wildman–Crippen LogP) is 0.869. The molecular weight excluding hydrogens is 230 g/mol. The third-order valence-electron chi connectivity index (χ3n) is 2.68. The number of anilines is 1. The zero-order valence-electron chi connectivity index (χ0n) is 10.6. The summed E-state index contributed by atoms with van der Waals surface area (Å²) in [5.41, 5.74) is 0.918. The minimum absolute atomic E-state index is 0.325. The van der Waals surface area contributed by atoms with Crippen LogP contribution in [0.15, 0.2) is 30.3 Å². The molecule has 1 aromatic heterocycles. The van der Waals surface area contributed by atoms with Gasteiger partial charge in [0.1, 0.15) is 0 Å². The van der Waals surface area contributed by atoms with Crippen LogP contribution in [0.25, 0.3) is 5.69 Å². The smallest absolute Gasteiger partial charge is 0.250 e. The Hall–Kier alpha value is -1.95. The largest absolute Gasteiger partial charge is 0.393 e. The van der Waals surface area contributed by atoms with Crippen LogP contribution in [-0.2, 0) is 0 Å². The summed E-state index contributed by atoms with van der Waals surface area (Å²) < 4.78 is 1.68. The molecule has 0 bridgehead atoms. The Kier molecular flexibility index (Phi) is 3.88. The number of aromatic nitrogens is 4. The number of hydrogen-bond donors (Lipinski definition) is 1. The van der Waals surface area contributed by atoms with Crippen LogP contribution >= 0.6 is 0 Å². The fourth-order valence-electron chi connectivity index (χ4n) is 1.64. The van der Waals surface area contributed by atoms with Crippen molar-refractivity contribution in [3.63, 3.8) is 0 Å². The first-order valence-electron chi connectivity index (χ1n) is 5.91. The van der Waals surface area contributed by atoms with Gasteiger partial charge < -0.3 is 10.0 Å². The van der Waals surface area contributed by atoms with E-state index in [1.165, 1.54) is 0 Å². The van der Waals surface area contributed by atoms with Gasteiger partial charge in [-0.25, -0.2) is 0 Å². The van der Waals surface area contributed by atoms with E-state index in [1.807, 2.05) is 42.3 Å². The zero-order valence-corrected chi connectivity index (χ0v) is 10.6. The van der Waals surface area contributed by atoms with Gasteiger partial charge in [-0.05, 0) is 35.9 Å². The van der Waals surface area contributed by atoms with Crippen molar-refractivity contribution < 1.29 is 5.11 Å². The van der Waals surface area contributed by atoms with Crippen LogP contribution in [0, 0.1) is 0 Å². The van der Waals surface area contributed by atoms with Gasteiger partial charge in [-0.3, -0.25) is 0 Å². The summed E-state index contributed by atoms with van der Waals surface area (Å²) in [6, 6.07) is 9.72. The Bertz CT molecular complexity index is 482. The van der Waals surface area contributed by atoms with Gasteiger partial charge in [0.25, 0.3) is 0 Å². The molecule has 0 amide bonds. The molecule has 0 aliphatic rings. The van der Waals surface area contributed by atoms with E-state index in [4.69, 9.17) is 0 Å². The summed E-state index contributed by atoms with van der Waals surface area (Å²) in [5.74, 6) is 0.668. The molecule has 1 unspecified atom stereocenters. The number of hydrogen-bond acceptors (Lipinski definition) is 5. The molecule has 1 atom stereocenters. The lowest BCUT2D eigenvalue weighted by Crippen LogP contribution is -2.25. The number of benzene rings is 1. The molecule has 0 aliphatic heterocycles. The average molecular weight is 247 g/mol.